The first-order valence-electron chi connectivity index (χ1n) is 9.10. The highest BCUT2D eigenvalue weighted by atomic mass is 32.2. The Hall–Kier alpha value is -3.07. The molecule has 1 heterocycles. The van der Waals surface area contributed by atoms with Crippen molar-refractivity contribution in [1.82, 2.24) is 9.78 Å². The second-order valence-electron chi connectivity index (χ2n) is 6.63. The van der Waals surface area contributed by atoms with Gasteiger partial charge in [-0.25, -0.2) is 9.18 Å². The van der Waals surface area contributed by atoms with Gasteiger partial charge in [0.2, 0.25) is 0 Å². The van der Waals surface area contributed by atoms with Gasteiger partial charge in [-0.3, -0.25) is 4.68 Å². The van der Waals surface area contributed by atoms with Crippen molar-refractivity contribution in [3.05, 3.63) is 82.7 Å². The average Bonchev–Trinajstić information content (AvgIpc) is 3.08. The summed E-state index contributed by atoms with van der Waals surface area (Å²) in [6.45, 7) is 2.10. The van der Waals surface area contributed by atoms with Crippen LogP contribution in [0.1, 0.15) is 32.9 Å². The van der Waals surface area contributed by atoms with E-state index in [1.54, 1.807) is 35.9 Å². The topological polar surface area (TPSA) is 44.1 Å². The van der Waals surface area contributed by atoms with Gasteiger partial charge in [0, 0.05) is 10.6 Å². The van der Waals surface area contributed by atoms with E-state index in [-0.39, 0.29) is 22.4 Å². The second kappa shape index (κ2) is 9.38. The van der Waals surface area contributed by atoms with Gasteiger partial charge in [0.1, 0.15) is 5.69 Å². The lowest BCUT2D eigenvalue weighted by Gasteiger charge is -2.06. The Balaban J connectivity index is 1.76. The van der Waals surface area contributed by atoms with Crippen LogP contribution in [0.2, 0.25) is 0 Å². The number of methoxy groups -OCH3 is 1. The van der Waals surface area contributed by atoms with Gasteiger partial charge < -0.3 is 4.74 Å². The minimum absolute atomic E-state index is 0.0272. The number of hydrogen-bond acceptors (Lipinski definition) is 4. The van der Waals surface area contributed by atoms with Gasteiger partial charge in [-0.05, 0) is 66.2 Å². The van der Waals surface area contributed by atoms with E-state index in [1.807, 2.05) is 6.07 Å². The number of hydrogen-bond donors (Lipinski definition) is 0. The SMILES string of the molecule is COC(=O)c1cccc(Cn2nc(C(F)=Cc3ccc(SC(F)(F)F)cc3)cc2C)c1. The number of aryl methyl sites for hydroxylation is 1. The van der Waals surface area contributed by atoms with Gasteiger partial charge in [-0.15, -0.1) is 0 Å². The highest BCUT2D eigenvalue weighted by molar-refractivity contribution is 8.00. The van der Waals surface area contributed by atoms with Crippen LogP contribution in [-0.2, 0) is 11.3 Å². The number of carbonyl (C=O) groups excluding carboxylic acids is 1. The molecule has 0 fully saturated rings. The summed E-state index contributed by atoms with van der Waals surface area (Å²) in [6.07, 6.45) is 1.21. The molecule has 0 bridgehead atoms. The molecule has 9 heteroatoms. The van der Waals surface area contributed by atoms with Crippen LogP contribution in [0.3, 0.4) is 0 Å². The first-order chi connectivity index (χ1) is 14.6. The zero-order chi connectivity index (χ0) is 22.6. The average molecular weight is 450 g/mol. The molecule has 31 heavy (non-hydrogen) atoms. The van der Waals surface area contributed by atoms with E-state index in [9.17, 15) is 22.4 Å². The third kappa shape index (κ3) is 6.21. The molecule has 0 atom stereocenters. The van der Waals surface area contributed by atoms with E-state index in [4.69, 9.17) is 4.74 Å². The van der Waals surface area contributed by atoms with Gasteiger partial charge in [0.25, 0.3) is 0 Å². The molecule has 0 aliphatic rings. The summed E-state index contributed by atoms with van der Waals surface area (Å²) in [4.78, 5) is 11.7. The number of ether oxygens (including phenoxy) is 1. The highest BCUT2D eigenvalue weighted by Gasteiger charge is 2.29. The van der Waals surface area contributed by atoms with E-state index < -0.39 is 17.3 Å². The Morgan fingerprint density at radius 2 is 1.87 bits per heavy atom. The molecule has 3 aromatic rings. The number of rotatable bonds is 6. The van der Waals surface area contributed by atoms with Crippen LogP contribution in [0.25, 0.3) is 11.9 Å². The fourth-order valence-corrected chi connectivity index (χ4v) is 3.40. The van der Waals surface area contributed by atoms with Crippen LogP contribution in [0.5, 0.6) is 0 Å². The van der Waals surface area contributed by atoms with Crippen molar-refractivity contribution >= 4 is 29.6 Å². The number of halogens is 4. The third-order valence-electron chi connectivity index (χ3n) is 4.31. The molecular weight excluding hydrogens is 432 g/mol. The largest absolute Gasteiger partial charge is 0.465 e. The molecule has 0 aliphatic heterocycles. The Bertz CT molecular complexity index is 1110. The molecule has 0 radical (unpaired) electrons. The van der Waals surface area contributed by atoms with Gasteiger partial charge in [0.15, 0.2) is 5.83 Å². The number of carbonyl (C=O) groups is 1. The Morgan fingerprint density at radius 3 is 2.52 bits per heavy atom. The highest BCUT2D eigenvalue weighted by Crippen LogP contribution is 2.36. The molecule has 1 aromatic heterocycles. The summed E-state index contributed by atoms with van der Waals surface area (Å²) in [7, 11) is 1.30. The molecule has 0 unspecified atom stereocenters. The third-order valence-corrected chi connectivity index (χ3v) is 5.05. The predicted molar refractivity (Wildman–Crippen MR) is 111 cm³/mol. The maximum absolute atomic E-state index is 14.7. The number of aromatic nitrogens is 2. The van der Waals surface area contributed by atoms with Crippen LogP contribution in [0.4, 0.5) is 17.6 Å². The van der Waals surface area contributed by atoms with Crippen molar-refractivity contribution in [2.75, 3.05) is 7.11 Å². The Morgan fingerprint density at radius 1 is 1.16 bits per heavy atom. The van der Waals surface area contributed by atoms with Crippen molar-refractivity contribution in [3.8, 4) is 0 Å². The normalized spacial score (nSPS) is 12.1. The zero-order valence-corrected chi connectivity index (χ0v) is 17.4. The molecule has 3 rings (SSSR count). The van der Waals surface area contributed by atoms with E-state index in [0.29, 0.717) is 23.4 Å². The summed E-state index contributed by atoms with van der Waals surface area (Å²) < 4.78 is 58.2. The van der Waals surface area contributed by atoms with Crippen LogP contribution >= 0.6 is 11.8 Å². The molecule has 0 aliphatic carbocycles. The van der Waals surface area contributed by atoms with Crippen LogP contribution in [0.15, 0.2) is 59.5 Å². The molecule has 0 spiro atoms. The summed E-state index contributed by atoms with van der Waals surface area (Å²) in [6, 6.07) is 13.8. The molecule has 4 nitrogen and oxygen atoms in total. The summed E-state index contributed by atoms with van der Waals surface area (Å²) in [5, 5.41) is 4.27. The van der Waals surface area contributed by atoms with Crippen LogP contribution in [0, 0.1) is 6.92 Å². The predicted octanol–water partition coefficient (Wildman–Crippen LogP) is 6.11. The van der Waals surface area contributed by atoms with E-state index >= 15 is 0 Å². The Labute approximate surface area is 180 Å². The fourth-order valence-electron chi connectivity index (χ4n) is 2.86. The van der Waals surface area contributed by atoms with E-state index in [2.05, 4.69) is 5.10 Å². The summed E-state index contributed by atoms with van der Waals surface area (Å²) >= 11 is -0.224. The number of thioether (sulfide) groups is 1. The lowest BCUT2D eigenvalue weighted by Crippen LogP contribution is -2.06. The zero-order valence-electron chi connectivity index (χ0n) is 16.6. The molecule has 2 aromatic carbocycles. The lowest BCUT2D eigenvalue weighted by atomic mass is 10.1. The summed E-state index contributed by atoms with van der Waals surface area (Å²) in [5.74, 6) is -1.06. The quantitative estimate of drug-likeness (QED) is 0.258. The van der Waals surface area contributed by atoms with Crippen molar-refractivity contribution in [2.45, 2.75) is 23.9 Å². The smallest absolute Gasteiger partial charge is 0.446 e. The van der Waals surface area contributed by atoms with Crippen molar-refractivity contribution < 1.29 is 27.1 Å². The lowest BCUT2D eigenvalue weighted by molar-refractivity contribution is -0.0328. The monoisotopic (exact) mass is 450 g/mol. The fraction of sp³-hybridized carbons (Fsp3) is 0.182. The van der Waals surface area contributed by atoms with E-state index in [0.717, 1.165) is 5.56 Å². The first kappa shape index (κ1) is 22.6. The second-order valence-corrected chi connectivity index (χ2v) is 7.77. The van der Waals surface area contributed by atoms with Crippen molar-refractivity contribution in [2.24, 2.45) is 0 Å². The van der Waals surface area contributed by atoms with Gasteiger partial charge >= 0.3 is 11.5 Å². The maximum Gasteiger partial charge on any atom is 0.446 e. The summed E-state index contributed by atoms with van der Waals surface area (Å²) in [5.41, 5.74) is -1.94. The number of alkyl halides is 3. The minimum Gasteiger partial charge on any atom is -0.465 e. The van der Waals surface area contributed by atoms with Crippen LogP contribution < -0.4 is 0 Å². The van der Waals surface area contributed by atoms with Crippen molar-refractivity contribution in [1.29, 1.82) is 0 Å². The number of esters is 1. The molecule has 0 amide bonds. The van der Waals surface area contributed by atoms with Crippen molar-refractivity contribution in [3.63, 3.8) is 0 Å². The first-order valence-corrected chi connectivity index (χ1v) is 9.91. The number of benzene rings is 2. The van der Waals surface area contributed by atoms with Gasteiger partial charge in [-0.2, -0.15) is 18.3 Å². The maximum atomic E-state index is 14.7. The van der Waals surface area contributed by atoms with Gasteiger partial charge in [-0.1, -0.05) is 24.3 Å². The minimum atomic E-state index is -4.37. The Kier molecular flexibility index (Phi) is 6.84. The molecule has 0 N–H and O–H groups in total. The molecule has 162 valence electrons. The van der Waals surface area contributed by atoms with Crippen LogP contribution in [-0.4, -0.2) is 28.4 Å². The number of nitrogens with zero attached hydrogens (tertiary/aromatic N) is 2. The van der Waals surface area contributed by atoms with E-state index in [1.165, 1.54) is 37.5 Å². The molecule has 0 saturated heterocycles. The van der Waals surface area contributed by atoms with Gasteiger partial charge in [0.05, 0.1) is 19.2 Å². The molecular formula is C22H18F4N2O2S. The molecule has 0 saturated carbocycles. The standard InChI is InChI=1S/C22H18F4N2O2S/c1-14-10-20(19(23)12-15-6-8-18(9-7-15)31-22(24,25)26)27-28(14)13-16-4-3-5-17(11-16)21(29)30-2/h3-12H,13H2,1-2H3.